The van der Waals surface area contributed by atoms with Gasteiger partial charge in [-0.3, -0.25) is 4.79 Å². The van der Waals surface area contributed by atoms with Gasteiger partial charge in [0.1, 0.15) is 11.5 Å². The van der Waals surface area contributed by atoms with E-state index in [0.29, 0.717) is 16.3 Å². The van der Waals surface area contributed by atoms with E-state index >= 15 is 0 Å². The summed E-state index contributed by atoms with van der Waals surface area (Å²) < 4.78 is 6.51. The summed E-state index contributed by atoms with van der Waals surface area (Å²) in [7, 11) is 0. The second kappa shape index (κ2) is 5.76. The van der Waals surface area contributed by atoms with E-state index in [-0.39, 0.29) is 5.78 Å². The van der Waals surface area contributed by atoms with Crippen LogP contribution in [0.15, 0.2) is 40.9 Å². The van der Waals surface area contributed by atoms with Gasteiger partial charge in [0, 0.05) is 15.1 Å². The first-order valence-corrected chi connectivity index (χ1v) is 6.89. The van der Waals surface area contributed by atoms with Crippen LogP contribution in [0.25, 0.3) is 0 Å². The van der Waals surface area contributed by atoms with Crippen molar-refractivity contribution in [3.8, 4) is 11.5 Å². The van der Waals surface area contributed by atoms with Gasteiger partial charge in [0.2, 0.25) is 0 Å². The lowest BCUT2D eigenvalue weighted by atomic mass is 10.1. The Morgan fingerprint density at radius 3 is 2.53 bits per heavy atom. The minimum atomic E-state index is 0.0149. The molecule has 0 spiro atoms. The van der Waals surface area contributed by atoms with Gasteiger partial charge in [0.15, 0.2) is 5.78 Å². The normalized spacial score (nSPS) is 10.3. The van der Waals surface area contributed by atoms with Crippen molar-refractivity contribution in [2.24, 2.45) is 0 Å². The van der Waals surface area contributed by atoms with Gasteiger partial charge in [-0.2, -0.15) is 0 Å². The molecule has 0 atom stereocenters. The van der Waals surface area contributed by atoms with Crippen LogP contribution >= 0.6 is 27.5 Å². The Bertz CT molecular complexity index is 638. The van der Waals surface area contributed by atoms with E-state index in [9.17, 15) is 4.79 Å². The SMILES string of the molecule is CC(=O)c1ccc(Oc2ccc(Cl)cc2C)cc1Br. The molecular weight excluding hydrogens is 328 g/mol. The van der Waals surface area contributed by atoms with Gasteiger partial charge < -0.3 is 4.74 Å². The third-order valence-electron chi connectivity index (χ3n) is 2.68. The second-order valence-electron chi connectivity index (χ2n) is 4.21. The summed E-state index contributed by atoms with van der Waals surface area (Å²) in [5.74, 6) is 1.43. The largest absolute Gasteiger partial charge is 0.457 e. The molecular formula is C15H12BrClO2. The smallest absolute Gasteiger partial charge is 0.160 e. The molecule has 0 fully saturated rings. The van der Waals surface area contributed by atoms with Crippen molar-refractivity contribution in [1.82, 2.24) is 0 Å². The summed E-state index contributed by atoms with van der Waals surface area (Å²) in [6, 6.07) is 10.7. The Hall–Kier alpha value is -1.32. The zero-order valence-corrected chi connectivity index (χ0v) is 12.9. The van der Waals surface area contributed by atoms with E-state index in [1.54, 1.807) is 24.3 Å². The first-order valence-electron chi connectivity index (χ1n) is 5.72. The summed E-state index contributed by atoms with van der Waals surface area (Å²) in [5.41, 5.74) is 1.60. The van der Waals surface area contributed by atoms with Gasteiger partial charge >= 0.3 is 0 Å². The summed E-state index contributed by atoms with van der Waals surface area (Å²) in [6.45, 7) is 3.46. The van der Waals surface area contributed by atoms with Gasteiger partial charge in [0.05, 0.1) is 0 Å². The molecule has 4 heteroatoms. The standard InChI is InChI=1S/C15H12BrClO2/c1-9-7-11(17)3-6-15(9)19-12-4-5-13(10(2)18)14(16)8-12/h3-8H,1-2H3. The molecule has 0 aliphatic rings. The van der Waals surface area contributed by atoms with Crippen LogP contribution in [0.3, 0.4) is 0 Å². The molecule has 19 heavy (non-hydrogen) atoms. The van der Waals surface area contributed by atoms with Gasteiger partial charge in [-0.1, -0.05) is 11.6 Å². The summed E-state index contributed by atoms with van der Waals surface area (Å²) in [6.07, 6.45) is 0. The van der Waals surface area contributed by atoms with Gasteiger partial charge in [-0.25, -0.2) is 0 Å². The highest BCUT2D eigenvalue weighted by molar-refractivity contribution is 9.10. The number of Topliss-reactive ketones (excluding diaryl/α,β-unsaturated/α-hetero) is 1. The Morgan fingerprint density at radius 1 is 1.21 bits per heavy atom. The van der Waals surface area contributed by atoms with Crippen LogP contribution in [0.1, 0.15) is 22.8 Å². The van der Waals surface area contributed by atoms with E-state index in [4.69, 9.17) is 16.3 Å². The van der Waals surface area contributed by atoms with Crippen molar-refractivity contribution in [1.29, 1.82) is 0 Å². The number of halogens is 2. The Kier molecular flexibility index (Phi) is 4.27. The Labute approximate surface area is 125 Å². The molecule has 0 N–H and O–H groups in total. The van der Waals surface area contributed by atoms with Crippen LogP contribution in [-0.4, -0.2) is 5.78 Å². The first-order chi connectivity index (χ1) is 8.97. The number of rotatable bonds is 3. The van der Waals surface area contributed by atoms with Crippen molar-refractivity contribution >= 4 is 33.3 Å². The van der Waals surface area contributed by atoms with Crippen LogP contribution in [0, 0.1) is 6.92 Å². The average Bonchev–Trinajstić information content (AvgIpc) is 2.32. The predicted octanol–water partition coefficient (Wildman–Crippen LogP) is 5.41. The van der Waals surface area contributed by atoms with Crippen LogP contribution in [0.5, 0.6) is 11.5 Å². The molecule has 0 radical (unpaired) electrons. The zero-order chi connectivity index (χ0) is 14.0. The molecule has 2 aromatic carbocycles. The topological polar surface area (TPSA) is 26.3 Å². The quantitative estimate of drug-likeness (QED) is 0.699. The average molecular weight is 340 g/mol. The fraction of sp³-hybridized carbons (Fsp3) is 0.133. The number of hydrogen-bond donors (Lipinski definition) is 0. The van der Waals surface area contributed by atoms with Crippen LogP contribution in [0.2, 0.25) is 5.02 Å². The minimum absolute atomic E-state index is 0.0149. The number of hydrogen-bond acceptors (Lipinski definition) is 2. The number of benzene rings is 2. The highest BCUT2D eigenvalue weighted by Crippen LogP contribution is 2.30. The lowest BCUT2D eigenvalue weighted by Gasteiger charge is -2.10. The van der Waals surface area contributed by atoms with Crippen molar-refractivity contribution < 1.29 is 9.53 Å². The fourth-order valence-corrected chi connectivity index (χ4v) is 2.56. The van der Waals surface area contributed by atoms with E-state index in [1.165, 1.54) is 6.92 Å². The maximum atomic E-state index is 11.3. The molecule has 0 aromatic heterocycles. The summed E-state index contributed by atoms with van der Waals surface area (Å²) in [4.78, 5) is 11.3. The van der Waals surface area contributed by atoms with E-state index in [1.807, 2.05) is 19.1 Å². The fourth-order valence-electron chi connectivity index (χ4n) is 1.70. The van der Waals surface area contributed by atoms with E-state index < -0.39 is 0 Å². The first kappa shape index (κ1) is 14.1. The highest BCUT2D eigenvalue weighted by atomic mass is 79.9. The molecule has 0 amide bonds. The van der Waals surface area contributed by atoms with Crippen molar-refractivity contribution in [2.75, 3.05) is 0 Å². The van der Waals surface area contributed by atoms with Crippen molar-refractivity contribution in [2.45, 2.75) is 13.8 Å². The predicted molar refractivity (Wildman–Crippen MR) is 80.4 cm³/mol. The molecule has 2 aromatic rings. The van der Waals surface area contributed by atoms with Gasteiger partial charge in [-0.15, -0.1) is 0 Å². The molecule has 0 saturated carbocycles. The number of ether oxygens (including phenoxy) is 1. The number of ketones is 1. The van der Waals surface area contributed by atoms with E-state index in [0.717, 1.165) is 15.8 Å². The molecule has 0 unspecified atom stereocenters. The Morgan fingerprint density at radius 2 is 1.95 bits per heavy atom. The van der Waals surface area contributed by atoms with Gasteiger partial charge in [-0.05, 0) is 71.7 Å². The molecule has 0 heterocycles. The molecule has 0 aliphatic carbocycles. The molecule has 0 bridgehead atoms. The second-order valence-corrected chi connectivity index (χ2v) is 5.50. The van der Waals surface area contributed by atoms with E-state index in [2.05, 4.69) is 15.9 Å². The van der Waals surface area contributed by atoms with Crippen LogP contribution < -0.4 is 4.74 Å². The molecule has 2 nitrogen and oxygen atoms in total. The summed E-state index contributed by atoms with van der Waals surface area (Å²) in [5, 5.41) is 0.679. The monoisotopic (exact) mass is 338 g/mol. The van der Waals surface area contributed by atoms with Gasteiger partial charge in [0.25, 0.3) is 0 Å². The van der Waals surface area contributed by atoms with Crippen LogP contribution in [-0.2, 0) is 0 Å². The lowest BCUT2D eigenvalue weighted by molar-refractivity contribution is 0.101. The zero-order valence-electron chi connectivity index (χ0n) is 10.5. The molecule has 0 aliphatic heterocycles. The number of carbonyl (C=O) groups excluding carboxylic acids is 1. The Balaban J connectivity index is 2.29. The molecule has 0 saturated heterocycles. The maximum Gasteiger partial charge on any atom is 0.160 e. The maximum absolute atomic E-state index is 11.3. The van der Waals surface area contributed by atoms with Crippen LogP contribution in [0.4, 0.5) is 0 Å². The minimum Gasteiger partial charge on any atom is -0.457 e. The third-order valence-corrected chi connectivity index (χ3v) is 3.58. The molecule has 2 rings (SSSR count). The highest BCUT2D eigenvalue weighted by Gasteiger charge is 2.08. The number of carbonyl (C=O) groups is 1. The third kappa shape index (κ3) is 3.37. The molecule has 98 valence electrons. The van der Waals surface area contributed by atoms with Crippen molar-refractivity contribution in [3.05, 3.63) is 57.0 Å². The summed E-state index contributed by atoms with van der Waals surface area (Å²) >= 11 is 9.27. The number of aryl methyl sites for hydroxylation is 1. The lowest BCUT2D eigenvalue weighted by Crippen LogP contribution is -1.94. The van der Waals surface area contributed by atoms with Crippen molar-refractivity contribution in [3.63, 3.8) is 0 Å².